The molecule has 0 spiro atoms. The molecule has 0 aliphatic carbocycles. The Labute approximate surface area is 104 Å². The molecule has 4 nitrogen and oxygen atoms in total. The summed E-state index contributed by atoms with van der Waals surface area (Å²) in [5.41, 5.74) is 0. The lowest BCUT2D eigenvalue weighted by Crippen LogP contribution is -2.55. The normalized spacial score (nSPS) is 27.5. The zero-order valence-electron chi connectivity index (χ0n) is 10.8. The number of likely N-dealkylation sites (tertiary alicyclic amines) is 1. The Morgan fingerprint density at radius 2 is 2.12 bits per heavy atom. The van der Waals surface area contributed by atoms with Crippen LogP contribution in [0, 0.1) is 0 Å². The first-order chi connectivity index (χ1) is 8.33. The molecule has 2 heterocycles. The number of ether oxygens (including phenoxy) is 1. The summed E-state index contributed by atoms with van der Waals surface area (Å²) in [6.45, 7) is 5.63. The van der Waals surface area contributed by atoms with E-state index in [1.807, 2.05) is 0 Å². The molecule has 4 heteroatoms. The second-order valence-electron chi connectivity index (χ2n) is 5.02. The maximum absolute atomic E-state index is 12.4. The van der Waals surface area contributed by atoms with Crippen molar-refractivity contribution in [2.24, 2.45) is 0 Å². The molecule has 0 aromatic carbocycles. The van der Waals surface area contributed by atoms with E-state index in [1.54, 1.807) is 0 Å². The summed E-state index contributed by atoms with van der Waals surface area (Å²) in [4.78, 5) is 14.4. The zero-order valence-corrected chi connectivity index (χ0v) is 10.8. The Hall–Kier alpha value is -0.610. The molecule has 0 radical (unpaired) electrons. The van der Waals surface area contributed by atoms with Crippen molar-refractivity contribution in [1.82, 2.24) is 10.2 Å². The number of rotatable bonds is 4. The second kappa shape index (κ2) is 6.36. The van der Waals surface area contributed by atoms with Crippen molar-refractivity contribution in [2.45, 2.75) is 51.1 Å². The van der Waals surface area contributed by atoms with Gasteiger partial charge >= 0.3 is 0 Å². The predicted molar refractivity (Wildman–Crippen MR) is 66.9 cm³/mol. The quantitative estimate of drug-likeness (QED) is 0.801. The molecule has 2 saturated heterocycles. The standard InChI is InChI=1S/C13H24N2O2/c1-2-7-14-12-4-3-8-15(13(12)16)11-5-9-17-10-6-11/h11-12,14H,2-10H2,1H3. The topological polar surface area (TPSA) is 41.6 Å². The fourth-order valence-corrected chi connectivity index (χ4v) is 2.77. The average Bonchev–Trinajstić information content (AvgIpc) is 2.39. The van der Waals surface area contributed by atoms with Gasteiger partial charge in [0.05, 0.1) is 6.04 Å². The van der Waals surface area contributed by atoms with Crippen LogP contribution in [-0.2, 0) is 9.53 Å². The maximum Gasteiger partial charge on any atom is 0.239 e. The van der Waals surface area contributed by atoms with E-state index in [1.165, 1.54) is 0 Å². The number of piperidine rings is 1. The van der Waals surface area contributed by atoms with Crippen LogP contribution in [0.25, 0.3) is 0 Å². The maximum atomic E-state index is 12.4. The summed E-state index contributed by atoms with van der Waals surface area (Å²) in [5.74, 6) is 0.316. The van der Waals surface area contributed by atoms with Crippen LogP contribution in [0.3, 0.4) is 0 Å². The predicted octanol–water partition coefficient (Wildman–Crippen LogP) is 1.16. The summed E-state index contributed by atoms with van der Waals surface area (Å²) < 4.78 is 5.36. The smallest absolute Gasteiger partial charge is 0.239 e. The number of carbonyl (C=O) groups is 1. The van der Waals surface area contributed by atoms with Gasteiger partial charge in [-0.3, -0.25) is 4.79 Å². The van der Waals surface area contributed by atoms with E-state index in [4.69, 9.17) is 4.74 Å². The highest BCUT2D eigenvalue weighted by atomic mass is 16.5. The van der Waals surface area contributed by atoms with E-state index in [0.29, 0.717) is 11.9 Å². The number of amides is 1. The first-order valence-electron chi connectivity index (χ1n) is 6.94. The Morgan fingerprint density at radius 3 is 2.82 bits per heavy atom. The fourth-order valence-electron chi connectivity index (χ4n) is 2.77. The van der Waals surface area contributed by atoms with E-state index in [9.17, 15) is 4.79 Å². The minimum Gasteiger partial charge on any atom is -0.381 e. The van der Waals surface area contributed by atoms with Crippen molar-refractivity contribution in [2.75, 3.05) is 26.3 Å². The first-order valence-corrected chi connectivity index (χ1v) is 6.94. The van der Waals surface area contributed by atoms with Gasteiger partial charge in [0, 0.05) is 25.8 Å². The molecule has 2 fully saturated rings. The molecule has 0 aromatic heterocycles. The third-order valence-corrected chi connectivity index (χ3v) is 3.75. The van der Waals surface area contributed by atoms with Crippen molar-refractivity contribution in [3.8, 4) is 0 Å². The first kappa shape index (κ1) is 12.8. The van der Waals surface area contributed by atoms with E-state index in [2.05, 4.69) is 17.1 Å². The average molecular weight is 240 g/mol. The number of hydrogen-bond donors (Lipinski definition) is 1. The van der Waals surface area contributed by atoms with Crippen molar-refractivity contribution in [3.05, 3.63) is 0 Å². The van der Waals surface area contributed by atoms with Gasteiger partial charge in [-0.2, -0.15) is 0 Å². The van der Waals surface area contributed by atoms with E-state index in [0.717, 1.165) is 58.4 Å². The molecule has 1 N–H and O–H groups in total. The second-order valence-corrected chi connectivity index (χ2v) is 5.02. The molecule has 2 rings (SSSR count). The van der Waals surface area contributed by atoms with Crippen molar-refractivity contribution in [3.63, 3.8) is 0 Å². The summed E-state index contributed by atoms with van der Waals surface area (Å²) in [6, 6.07) is 0.481. The van der Waals surface area contributed by atoms with Gasteiger partial charge < -0.3 is 15.0 Å². The monoisotopic (exact) mass is 240 g/mol. The van der Waals surface area contributed by atoms with E-state index >= 15 is 0 Å². The number of nitrogens with zero attached hydrogens (tertiary/aromatic N) is 1. The lowest BCUT2D eigenvalue weighted by molar-refractivity contribution is -0.140. The molecule has 2 aliphatic heterocycles. The molecule has 17 heavy (non-hydrogen) atoms. The van der Waals surface area contributed by atoms with Gasteiger partial charge in [-0.25, -0.2) is 0 Å². The Kier molecular flexibility index (Phi) is 4.80. The van der Waals surface area contributed by atoms with Gasteiger partial charge in [-0.05, 0) is 38.6 Å². The van der Waals surface area contributed by atoms with Crippen molar-refractivity contribution in [1.29, 1.82) is 0 Å². The van der Waals surface area contributed by atoms with E-state index in [-0.39, 0.29) is 6.04 Å². The molecule has 1 amide bonds. The van der Waals surface area contributed by atoms with Gasteiger partial charge in [-0.1, -0.05) is 6.92 Å². The zero-order chi connectivity index (χ0) is 12.1. The molecule has 2 aliphatic rings. The molecule has 1 unspecified atom stereocenters. The third-order valence-electron chi connectivity index (χ3n) is 3.75. The Balaban J connectivity index is 1.90. The van der Waals surface area contributed by atoms with Crippen molar-refractivity contribution < 1.29 is 9.53 Å². The lowest BCUT2D eigenvalue weighted by atomic mass is 9.99. The van der Waals surface area contributed by atoms with E-state index < -0.39 is 0 Å². The summed E-state index contributed by atoms with van der Waals surface area (Å²) in [7, 11) is 0. The number of nitrogens with one attached hydrogen (secondary N) is 1. The minimum absolute atomic E-state index is 0.0616. The van der Waals surface area contributed by atoms with Gasteiger partial charge in [-0.15, -0.1) is 0 Å². The Bertz CT molecular complexity index is 252. The molecule has 1 atom stereocenters. The SMILES string of the molecule is CCCNC1CCCN(C2CCOCC2)C1=O. The van der Waals surface area contributed by atoms with Crippen LogP contribution in [-0.4, -0.2) is 49.2 Å². The van der Waals surface area contributed by atoms with Gasteiger partial charge in [0.25, 0.3) is 0 Å². The number of hydrogen-bond acceptors (Lipinski definition) is 3. The highest BCUT2D eigenvalue weighted by molar-refractivity contribution is 5.82. The molecule has 0 aromatic rings. The Morgan fingerprint density at radius 1 is 1.35 bits per heavy atom. The van der Waals surface area contributed by atoms with Crippen LogP contribution in [0.15, 0.2) is 0 Å². The summed E-state index contributed by atoms with van der Waals surface area (Å²) in [6.07, 6.45) is 5.22. The molecule has 0 saturated carbocycles. The number of carbonyl (C=O) groups excluding carboxylic acids is 1. The van der Waals surface area contributed by atoms with Crippen LogP contribution in [0.1, 0.15) is 39.0 Å². The van der Waals surface area contributed by atoms with Gasteiger partial charge in [0.15, 0.2) is 0 Å². The van der Waals surface area contributed by atoms with Crippen LogP contribution < -0.4 is 5.32 Å². The van der Waals surface area contributed by atoms with Crippen molar-refractivity contribution >= 4 is 5.91 Å². The van der Waals surface area contributed by atoms with Gasteiger partial charge in [0.2, 0.25) is 5.91 Å². The molecule has 98 valence electrons. The minimum atomic E-state index is 0.0616. The summed E-state index contributed by atoms with van der Waals surface area (Å²) in [5, 5.41) is 3.37. The molecule has 0 bridgehead atoms. The fraction of sp³-hybridized carbons (Fsp3) is 0.923. The van der Waals surface area contributed by atoms with Gasteiger partial charge in [0.1, 0.15) is 0 Å². The third kappa shape index (κ3) is 3.19. The highest BCUT2D eigenvalue weighted by Crippen LogP contribution is 2.20. The van der Waals surface area contributed by atoms with Crippen LogP contribution in [0.4, 0.5) is 0 Å². The highest BCUT2D eigenvalue weighted by Gasteiger charge is 2.33. The molecular formula is C13H24N2O2. The summed E-state index contributed by atoms with van der Waals surface area (Å²) >= 11 is 0. The van der Waals surface area contributed by atoms with Crippen LogP contribution >= 0.6 is 0 Å². The molecular weight excluding hydrogens is 216 g/mol. The van der Waals surface area contributed by atoms with Crippen LogP contribution in [0.2, 0.25) is 0 Å². The van der Waals surface area contributed by atoms with Crippen LogP contribution in [0.5, 0.6) is 0 Å². The lowest BCUT2D eigenvalue weighted by Gasteiger charge is -2.39. The largest absolute Gasteiger partial charge is 0.381 e.